The number of hydrogen-bond donors (Lipinski definition) is 1. The summed E-state index contributed by atoms with van der Waals surface area (Å²) in [6, 6.07) is 21.0. The molecule has 0 saturated heterocycles. The Kier molecular flexibility index (Phi) is 10.9. The second-order valence-corrected chi connectivity index (χ2v) is 12.0. The van der Waals surface area contributed by atoms with Gasteiger partial charge in [-0.3, -0.25) is 13.9 Å². The smallest absolute Gasteiger partial charge is 0.264 e. The lowest BCUT2D eigenvalue weighted by atomic mass is 10.1. The first-order valence-electron chi connectivity index (χ1n) is 13.8. The Morgan fingerprint density at radius 3 is 2.23 bits per heavy atom. The summed E-state index contributed by atoms with van der Waals surface area (Å²) in [4.78, 5) is 28.6. The predicted octanol–water partition coefficient (Wildman–Crippen LogP) is 5.18. The Hall–Kier alpha value is -3.65. The van der Waals surface area contributed by atoms with E-state index in [1.54, 1.807) is 43.3 Å². The van der Waals surface area contributed by atoms with E-state index in [0.717, 1.165) is 35.1 Å². The van der Waals surface area contributed by atoms with Gasteiger partial charge in [0.25, 0.3) is 10.0 Å². The molecule has 0 aromatic heterocycles. The van der Waals surface area contributed by atoms with E-state index in [1.165, 1.54) is 9.21 Å². The van der Waals surface area contributed by atoms with E-state index in [1.807, 2.05) is 64.1 Å². The minimum Gasteiger partial charge on any atom is -0.354 e. The highest BCUT2D eigenvalue weighted by atomic mass is 32.2. The lowest BCUT2D eigenvalue weighted by Gasteiger charge is -2.32. The number of benzene rings is 3. The number of anilines is 1. The summed E-state index contributed by atoms with van der Waals surface area (Å²) in [5.41, 5.74) is 4.09. The number of nitrogens with one attached hydrogen (secondary N) is 1. The van der Waals surface area contributed by atoms with Gasteiger partial charge >= 0.3 is 0 Å². The first-order valence-corrected chi connectivity index (χ1v) is 15.3. The zero-order valence-electron chi connectivity index (χ0n) is 24.2. The van der Waals surface area contributed by atoms with Gasteiger partial charge in [-0.25, -0.2) is 8.42 Å². The molecular weight excluding hydrogens is 522 g/mol. The highest BCUT2D eigenvalue weighted by molar-refractivity contribution is 7.92. The minimum atomic E-state index is -4.08. The van der Waals surface area contributed by atoms with Gasteiger partial charge in [-0.05, 0) is 75.4 Å². The fourth-order valence-electron chi connectivity index (χ4n) is 4.46. The third kappa shape index (κ3) is 7.72. The maximum Gasteiger partial charge on any atom is 0.264 e. The summed E-state index contributed by atoms with van der Waals surface area (Å²) in [7, 11) is -4.08. The van der Waals surface area contributed by atoms with E-state index in [4.69, 9.17) is 0 Å². The Morgan fingerprint density at radius 2 is 1.57 bits per heavy atom. The molecule has 0 radical (unpaired) electrons. The van der Waals surface area contributed by atoms with Crippen LogP contribution in [-0.2, 0) is 26.0 Å². The Labute approximate surface area is 239 Å². The van der Waals surface area contributed by atoms with Crippen LogP contribution in [0.3, 0.4) is 0 Å². The van der Waals surface area contributed by atoms with E-state index in [9.17, 15) is 18.0 Å². The van der Waals surface area contributed by atoms with E-state index >= 15 is 0 Å². The standard InChI is InChI=1S/C32H41N3O4S/c1-6-7-21-33-32(37)27(5)34(22-20-28-13-9-8-10-14-28)31(36)23-35(30-15-11-12-25(3)26(30)4)40(38,39)29-18-16-24(2)17-19-29/h8-19,27H,6-7,20-23H2,1-5H3,(H,33,37). The summed E-state index contributed by atoms with van der Waals surface area (Å²) >= 11 is 0. The molecular formula is C32H41N3O4S. The van der Waals surface area contributed by atoms with Gasteiger partial charge in [0, 0.05) is 13.1 Å². The Bertz CT molecular complexity index is 1390. The topological polar surface area (TPSA) is 86.8 Å². The molecule has 1 atom stereocenters. The van der Waals surface area contributed by atoms with Crippen molar-refractivity contribution in [3.8, 4) is 0 Å². The minimum absolute atomic E-state index is 0.105. The highest BCUT2D eigenvalue weighted by Gasteiger charge is 2.33. The molecule has 0 saturated carbocycles. The van der Waals surface area contributed by atoms with Gasteiger partial charge in [0.15, 0.2) is 0 Å². The van der Waals surface area contributed by atoms with Gasteiger partial charge in [0.2, 0.25) is 11.8 Å². The number of unbranched alkanes of at least 4 members (excludes halogenated alkanes) is 1. The van der Waals surface area contributed by atoms with Crippen LogP contribution < -0.4 is 9.62 Å². The predicted molar refractivity (Wildman–Crippen MR) is 161 cm³/mol. The van der Waals surface area contributed by atoms with E-state index < -0.39 is 28.5 Å². The second-order valence-electron chi connectivity index (χ2n) is 10.2. The fourth-order valence-corrected chi connectivity index (χ4v) is 5.93. The van der Waals surface area contributed by atoms with Crippen molar-refractivity contribution in [3.63, 3.8) is 0 Å². The number of sulfonamides is 1. The molecule has 0 heterocycles. The summed E-state index contributed by atoms with van der Waals surface area (Å²) in [6.07, 6.45) is 2.31. The van der Waals surface area contributed by atoms with Gasteiger partial charge in [0.05, 0.1) is 10.6 Å². The van der Waals surface area contributed by atoms with Crippen molar-refractivity contribution in [3.05, 3.63) is 95.1 Å². The number of carbonyl (C=O) groups is 2. The van der Waals surface area contributed by atoms with Crippen LogP contribution in [-0.4, -0.2) is 50.8 Å². The molecule has 0 spiro atoms. The number of nitrogens with zero attached hydrogens (tertiary/aromatic N) is 2. The van der Waals surface area contributed by atoms with Gasteiger partial charge in [-0.15, -0.1) is 0 Å². The van der Waals surface area contributed by atoms with Gasteiger partial charge in [-0.1, -0.05) is 73.5 Å². The maximum atomic E-state index is 14.0. The van der Waals surface area contributed by atoms with Crippen LogP contribution in [0.4, 0.5) is 5.69 Å². The number of hydrogen-bond acceptors (Lipinski definition) is 4. The summed E-state index contributed by atoms with van der Waals surface area (Å²) < 4.78 is 29.2. The van der Waals surface area contributed by atoms with Gasteiger partial charge in [-0.2, -0.15) is 0 Å². The van der Waals surface area contributed by atoms with Crippen LogP contribution >= 0.6 is 0 Å². The lowest BCUT2D eigenvalue weighted by molar-refractivity contribution is -0.138. The van der Waals surface area contributed by atoms with Crippen molar-refractivity contribution in [1.82, 2.24) is 10.2 Å². The second kappa shape index (κ2) is 14.1. The Morgan fingerprint density at radius 1 is 0.900 bits per heavy atom. The SMILES string of the molecule is CCCCNC(=O)C(C)N(CCc1ccccc1)C(=O)CN(c1cccc(C)c1C)S(=O)(=O)c1ccc(C)cc1. The average Bonchev–Trinajstić information content (AvgIpc) is 2.94. The molecule has 8 heteroatoms. The van der Waals surface area contributed by atoms with Crippen molar-refractivity contribution < 1.29 is 18.0 Å². The zero-order chi connectivity index (χ0) is 29.3. The molecule has 214 valence electrons. The summed E-state index contributed by atoms with van der Waals surface area (Å²) in [5.74, 6) is -0.694. The molecule has 0 aliphatic heterocycles. The van der Waals surface area contributed by atoms with E-state index in [2.05, 4.69) is 5.32 Å². The van der Waals surface area contributed by atoms with Crippen molar-refractivity contribution >= 4 is 27.5 Å². The number of carbonyl (C=O) groups excluding carboxylic acids is 2. The van der Waals surface area contributed by atoms with Crippen molar-refractivity contribution in [2.75, 3.05) is 23.9 Å². The molecule has 0 bridgehead atoms. The van der Waals surface area contributed by atoms with Crippen molar-refractivity contribution in [2.24, 2.45) is 0 Å². The van der Waals surface area contributed by atoms with E-state index in [-0.39, 0.29) is 17.3 Å². The molecule has 7 nitrogen and oxygen atoms in total. The number of aryl methyl sites for hydroxylation is 2. The van der Waals surface area contributed by atoms with Gasteiger partial charge in [0.1, 0.15) is 12.6 Å². The average molecular weight is 564 g/mol. The normalized spacial score (nSPS) is 12.0. The number of amides is 2. The first kappa shape index (κ1) is 30.9. The molecule has 0 aliphatic carbocycles. The molecule has 3 rings (SSSR count). The number of rotatable bonds is 13. The van der Waals surface area contributed by atoms with Crippen LogP contribution in [0.25, 0.3) is 0 Å². The molecule has 3 aromatic rings. The molecule has 2 amide bonds. The summed E-state index contributed by atoms with van der Waals surface area (Å²) in [6.45, 7) is 9.76. The fraction of sp³-hybridized carbons (Fsp3) is 0.375. The molecule has 1 unspecified atom stereocenters. The van der Waals surface area contributed by atoms with Crippen molar-refractivity contribution in [2.45, 2.75) is 64.8 Å². The van der Waals surface area contributed by atoms with Crippen LogP contribution in [0.5, 0.6) is 0 Å². The largest absolute Gasteiger partial charge is 0.354 e. The molecule has 3 aromatic carbocycles. The Balaban J connectivity index is 1.99. The van der Waals surface area contributed by atoms with Crippen LogP contribution in [0.15, 0.2) is 77.7 Å². The van der Waals surface area contributed by atoms with Crippen molar-refractivity contribution in [1.29, 1.82) is 0 Å². The van der Waals surface area contributed by atoms with Gasteiger partial charge < -0.3 is 10.2 Å². The monoisotopic (exact) mass is 563 g/mol. The maximum absolute atomic E-state index is 14.0. The molecule has 0 fully saturated rings. The zero-order valence-corrected chi connectivity index (χ0v) is 25.0. The molecule has 0 aliphatic rings. The van der Waals surface area contributed by atoms with Crippen LogP contribution in [0.1, 0.15) is 48.9 Å². The molecule has 40 heavy (non-hydrogen) atoms. The third-order valence-electron chi connectivity index (χ3n) is 7.21. The lowest BCUT2D eigenvalue weighted by Crippen LogP contribution is -2.52. The quantitative estimate of drug-likeness (QED) is 0.290. The van der Waals surface area contributed by atoms with Crippen LogP contribution in [0, 0.1) is 20.8 Å². The third-order valence-corrected chi connectivity index (χ3v) is 8.99. The first-order chi connectivity index (χ1) is 19.1. The van der Waals surface area contributed by atoms with Crippen LogP contribution in [0.2, 0.25) is 0 Å². The van der Waals surface area contributed by atoms with E-state index in [0.29, 0.717) is 18.7 Å². The highest BCUT2D eigenvalue weighted by Crippen LogP contribution is 2.29. The molecule has 1 N–H and O–H groups in total. The summed E-state index contributed by atoms with van der Waals surface area (Å²) in [5, 5.41) is 2.92.